The van der Waals surface area contributed by atoms with Gasteiger partial charge in [-0.3, -0.25) is 14.6 Å². The second-order valence-electron chi connectivity index (χ2n) is 9.80. The second kappa shape index (κ2) is 10.9. The third kappa shape index (κ3) is 6.13. The van der Waals surface area contributed by atoms with Gasteiger partial charge in [-0.05, 0) is 65.6 Å². The van der Waals surface area contributed by atoms with Crippen molar-refractivity contribution in [3.05, 3.63) is 107 Å². The molecule has 1 unspecified atom stereocenters. The minimum absolute atomic E-state index is 0.160. The smallest absolute Gasteiger partial charge is 0.332 e. The van der Waals surface area contributed by atoms with Crippen molar-refractivity contribution in [2.24, 2.45) is 5.41 Å². The minimum atomic E-state index is -4.87. The number of nitrogens with one attached hydrogen (secondary N) is 2. The van der Waals surface area contributed by atoms with E-state index in [0.29, 0.717) is 16.8 Å². The molecule has 1 aromatic heterocycles. The van der Waals surface area contributed by atoms with Crippen molar-refractivity contribution in [3.63, 3.8) is 0 Å². The van der Waals surface area contributed by atoms with Crippen LogP contribution in [0.4, 0.5) is 9.57 Å². The summed E-state index contributed by atoms with van der Waals surface area (Å²) in [5, 5.41) is 15.0. The number of carbonyl (C=O) groups excluding carboxylic acids is 2. The molecule has 0 fully saturated rings. The van der Waals surface area contributed by atoms with Gasteiger partial charge in [-0.2, -0.15) is 8.42 Å². The fourth-order valence-electron chi connectivity index (χ4n) is 4.46. The fourth-order valence-corrected chi connectivity index (χ4v) is 5.00. The molecule has 4 rings (SSSR count). The van der Waals surface area contributed by atoms with Gasteiger partial charge in [0.1, 0.15) is 5.69 Å². The van der Waals surface area contributed by atoms with Gasteiger partial charge in [0.05, 0.1) is 17.5 Å². The molecule has 1 aliphatic rings. The number of aryl methyl sites for hydroxylation is 1. The van der Waals surface area contributed by atoms with E-state index in [-0.39, 0.29) is 23.8 Å². The van der Waals surface area contributed by atoms with E-state index in [0.717, 1.165) is 23.3 Å². The van der Waals surface area contributed by atoms with E-state index in [4.69, 9.17) is 5.11 Å². The molecule has 1 atom stereocenters. The number of anilines is 1. The summed E-state index contributed by atoms with van der Waals surface area (Å²) in [7, 11) is -4.87. The van der Waals surface area contributed by atoms with Gasteiger partial charge in [0.25, 0.3) is 11.8 Å². The van der Waals surface area contributed by atoms with E-state index in [1.165, 1.54) is 12.3 Å². The van der Waals surface area contributed by atoms with Gasteiger partial charge in [-0.25, -0.2) is 0 Å². The fraction of sp³-hybridized carbons (Fsp3) is 0.207. The van der Waals surface area contributed by atoms with E-state index in [9.17, 15) is 21.9 Å². The van der Waals surface area contributed by atoms with Gasteiger partial charge in [-0.15, -0.1) is 3.89 Å². The van der Waals surface area contributed by atoms with Crippen LogP contribution in [0.15, 0.2) is 83.9 Å². The van der Waals surface area contributed by atoms with Gasteiger partial charge in [0.2, 0.25) is 0 Å². The molecule has 0 aliphatic heterocycles. The first-order chi connectivity index (χ1) is 18.4. The Bertz CT molecular complexity index is 1600. The van der Waals surface area contributed by atoms with Gasteiger partial charge in [-0.1, -0.05) is 50.3 Å². The molecule has 3 aromatic rings. The number of carbonyl (C=O) groups is 2. The maximum atomic E-state index is 13.3. The Morgan fingerprint density at radius 1 is 1.08 bits per heavy atom. The molecule has 1 heterocycles. The zero-order valence-corrected chi connectivity index (χ0v) is 22.4. The summed E-state index contributed by atoms with van der Waals surface area (Å²) >= 11 is 0. The predicted molar refractivity (Wildman–Crippen MR) is 146 cm³/mol. The monoisotopic (exact) mass is 549 g/mol. The number of aliphatic hydroxyl groups excluding tert-OH is 1. The number of rotatable bonds is 7. The van der Waals surface area contributed by atoms with Crippen LogP contribution in [0.3, 0.4) is 0 Å². The summed E-state index contributed by atoms with van der Waals surface area (Å²) in [6.07, 6.45) is 7.10. The highest BCUT2D eigenvalue weighted by Gasteiger charge is 2.35. The third-order valence-electron chi connectivity index (χ3n) is 6.72. The number of halogens is 1. The SMILES string of the molecule is Cc1cc(S(=O)(=O)F)ccc1C(=O)NC1C=CC=C(c2cccc(NC(=O)c3ccc(CO)cn3)c2)C1(C)C. The first-order valence-corrected chi connectivity index (χ1v) is 13.5. The number of hydrogen-bond acceptors (Lipinski definition) is 6. The zero-order chi connectivity index (χ0) is 28.4. The van der Waals surface area contributed by atoms with E-state index in [2.05, 4.69) is 15.6 Å². The van der Waals surface area contributed by atoms with Crippen LogP contribution in [-0.2, 0) is 16.8 Å². The van der Waals surface area contributed by atoms with Gasteiger partial charge in [0, 0.05) is 22.9 Å². The first-order valence-electron chi connectivity index (χ1n) is 12.1. The van der Waals surface area contributed by atoms with Crippen LogP contribution in [0.2, 0.25) is 0 Å². The highest BCUT2D eigenvalue weighted by atomic mass is 32.3. The molecular formula is C29H28FN3O5S. The molecular weight excluding hydrogens is 521 g/mol. The van der Waals surface area contributed by atoms with Crippen LogP contribution in [0.5, 0.6) is 0 Å². The predicted octanol–water partition coefficient (Wildman–Crippen LogP) is 4.57. The average molecular weight is 550 g/mol. The topological polar surface area (TPSA) is 125 Å². The quantitative estimate of drug-likeness (QED) is 0.371. The summed E-state index contributed by atoms with van der Waals surface area (Å²) in [5.41, 5.74) is 3.17. The van der Waals surface area contributed by atoms with Gasteiger partial charge in [0.15, 0.2) is 0 Å². The maximum absolute atomic E-state index is 13.3. The molecule has 0 saturated heterocycles. The van der Waals surface area contributed by atoms with Crippen LogP contribution in [0.1, 0.15) is 51.4 Å². The highest BCUT2D eigenvalue weighted by Crippen LogP contribution is 2.41. The Balaban J connectivity index is 1.52. The number of allylic oxidation sites excluding steroid dienone is 2. The Morgan fingerprint density at radius 2 is 1.85 bits per heavy atom. The lowest BCUT2D eigenvalue weighted by Crippen LogP contribution is -2.45. The maximum Gasteiger partial charge on any atom is 0.332 e. The molecule has 0 radical (unpaired) electrons. The van der Waals surface area contributed by atoms with Crippen molar-refractivity contribution < 1.29 is 27.0 Å². The lowest BCUT2D eigenvalue weighted by Gasteiger charge is -2.38. The highest BCUT2D eigenvalue weighted by molar-refractivity contribution is 7.86. The summed E-state index contributed by atoms with van der Waals surface area (Å²) in [5.74, 6) is -0.805. The van der Waals surface area contributed by atoms with Crippen molar-refractivity contribution in [2.45, 2.75) is 38.3 Å². The normalized spacial score (nSPS) is 16.3. The van der Waals surface area contributed by atoms with Crippen molar-refractivity contribution in [1.82, 2.24) is 10.3 Å². The third-order valence-corrected chi connectivity index (χ3v) is 7.54. The number of benzene rings is 2. The zero-order valence-electron chi connectivity index (χ0n) is 21.6. The van der Waals surface area contributed by atoms with Crippen LogP contribution in [0, 0.1) is 12.3 Å². The first kappa shape index (κ1) is 27.9. The Labute approximate surface area is 226 Å². The second-order valence-corrected chi connectivity index (χ2v) is 11.1. The van der Waals surface area contributed by atoms with Crippen molar-refractivity contribution in [2.75, 3.05) is 5.32 Å². The molecule has 39 heavy (non-hydrogen) atoms. The molecule has 2 aromatic carbocycles. The summed E-state index contributed by atoms with van der Waals surface area (Å²) < 4.78 is 35.7. The molecule has 202 valence electrons. The van der Waals surface area contributed by atoms with E-state index in [1.807, 2.05) is 50.3 Å². The Hall–Kier alpha value is -4.15. The minimum Gasteiger partial charge on any atom is -0.392 e. The van der Waals surface area contributed by atoms with Crippen LogP contribution in [-0.4, -0.2) is 36.4 Å². The number of hydrogen-bond donors (Lipinski definition) is 3. The number of nitrogens with zero attached hydrogens (tertiary/aromatic N) is 1. The molecule has 0 saturated carbocycles. The molecule has 3 N–H and O–H groups in total. The Morgan fingerprint density at radius 3 is 2.49 bits per heavy atom. The summed E-state index contributed by atoms with van der Waals surface area (Å²) in [4.78, 5) is 29.4. The number of aromatic nitrogens is 1. The summed E-state index contributed by atoms with van der Waals surface area (Å²) in [6, 6.07) is 13.6. The molecule has 1 aliphatic carbocycles. The van der Waals surface area contributed by atoms with Gasteiger partial charge < -0.3 is 15.7 Å². The largest absolute Gasteiger partial charge is 0.392 e. The van der Waals surface area contributed by atoms with Crippen LogP contribution >= 0.6 is 0 Å². The molecule has 8 nitrogen and oxygen atoms in total. The average Bonchev–Trinajstić information content (AvgIpc) is 2.89. The van der Waals surface area contributed by atoms with E-state index < -0.39 is 32.5 Å². The summed E-state index contributed by atoms with van der Waals surface area (Å²) in [6.45, 7) is 5.35. The lowest BCUT2D eigenvalue weighted by atomic mass is 9.71. The lowest BCUT2D eigenvalue weighted by molar-refractivity contribution is 0.0926. The van der Waals surface area contributed by atoms with Crippen LogP contribution in [0.25, 0.3) is 5.57 Å². The molecule has 0 bridgehead atoms. The van der Waals surface area contributed by atoms with Crippen molar-refractivity contribution in [1.29, 1.82) is 0 Å². The molecule has 0 spiro atoms. The van der Waals surface area contributed by atoms with Crippen molar-refractivity contribution >= 4 is 33.3 Å². The van der Waals surface area contributed by atoms with Crippen molar-refractivity contribution in [3.8, 4) is 0 Å². The standard InChI is InChI=1S/C29H28FN3O5S/c1-18-14-22(39(30,37)38)11-12-23(18)27(35)33-26-9-5-8-24(29(26,2)3)20-6-4-7-21(15-20)32-28(36)25-13-10-19(17-34)16-31-25/h4-16,26,34H,17H2,1-3H3,(H,32,36)(H,33,35). The van der Waals surface area contributed by atoms with E-state index >= 15 is 0 Å². The Kier molecular flexibility index (Phi) is 7.80. The van der Waals surface area contributed by atoms with E-state index in [1.54, 1.807) is 25.1 Å². The molecule has 10 heteroatoms. The number of amides is 2. The molecule has 2 amide bonds. The van der Waals surface area contributed by atoms with Crippen LogP contribution < -0.4 is 10.6 Å². The van der Waals surface area contributed by atoms with Gasteiger partial charge >= 0.3 is 10.2 Å². The number of aliphatic hydroxyl groups is 1. The number of pyridine rings is 1.